The largest absolute Gasteiger partial charge is 0.356 e. The van der Waals surface area contributed by atoms with Gasteiger partial charge >= 0.3 is 0 Å². The van der Waals surface area contributed by atoms with E-state index in [-0.39, 0.29) is 47.2 Å². The first-order valence-corrected chi connectivity index (χ1v) is 10.8. The van der Waals surface area contributed by atoms with Gasteiger partial charge in [0.05, 0.1) is 0 Å². The van der Waals surface area contributed by atoms with Crippen LogP contribution >= 0.6 is 0 Å². The molecule has 1 fully saturated rings. The van der Waals surface area contributed by atoms with Crippen LogP contribution in [0.1, 0.15) is 85.5 Å². The molecule has 0 aliphatic heterocycles. The molecule has 2 unspecified atom stereocenters. The van der Waals surface area contributed by atoms with Crippen LogP contribution in [0.5, 0.6) is 0 Å². The van der Waals surface area contributed by atoms with Gasteiger partial charge in [-0.1, -0.05) is 20.3 Å². The van der Waals surface area contributed by atoms with E-state index in [1.54, 1.807) is 13.8 Å². The Morgan fingerprint density at radius 2 is 1.43 bits per heavy atom. The molecule has 0 bridgehead atoms. The zero-order valence-corrected chi connectivity index (χ0v) is 18.0. The molecule has 0 aromatic carbocycles. The number of ketones is 2. The fraction of sp³-hybridized carbons (Fsp3) is 0.818. The van der Waals surface area contributed by atoms with Gasteiger partial charge < -0.3 is 10.6 Å². The molecule has 2 atom stereocenters. The van der Waals surface area contributed by atoms with Crippen LogP contribution in [0, 0.1) is 17.8 Å². The molecule has 0 saturated heterocycles. The van der Waals surface area contributed by atoms with Crippen molar-refractivity contribution in [2.45, 2.75) is 91.5 Å². The van der Waals surface area contributed by atoms with Gasteiger partial charge in [0.25, 0.3) is 0 Å². The molecule has 2 N–H and O–H groups in total. The van der Waals surface area contributed by atoms with Crippen LogP contribution in [0.15, 0.2) is 0 Å². The maximum Gasteiger partial charge on any atom is 0.223 e. The van der Waals surface area contributed by atoms with Crippen LogP contribution in [0.25, 0.3) is 0 Å². The number of unbranched alkanes of at least 4 members (excludes halogenated alkanes) is 1. The lowest BCUT2D eigenvalue weighted by Gasteiger charge is -2.28. The van der Waals surface area contributed by atoms with Crippen LogP contribution in [-0.4, -0.2) is 36.0 Å². The monoisotopic (exact) mass is 394 g/mol. The fourth-order valence-corrected chi connectivity index (χ4v) is 3.49. The molecular weight excluding hydrogens is 356 g/mol. The van der Waals surface area contributed by atoms with E-state index in [1.807, 2.05) is 13.8 Å². The number of hydrogen-bond acceptors (Lipinski definition) is 4. The average molecular weight is 395 g/mol. The average Bonchev–Trinajstić information content (AvgIpc) is 2.65. The topological polar surface area (TPSA) is 92.3 Å². The Labute approximate surface area is 169 Å². The van der Waals surface area contributed by atoms with Crippen LogP contribution in [0.3, 0.4) is 0 Å². The third-order valence-electron chi connectivity index (χ3n) is 6.02. The lowest BCUT2D eigenvalue weighted by atomic mass is 9.85. The molecular formula is C22H38N2O4. The molecule has 1 saturated carbocycles. The zero-order valence-electron chi connectivity index (χ0n) is 18.0. The van der Waals surface area contributed by atoms with Gasteiger partial charge in [-0.3, -0.25) is 19.2 Å². The van der Waals surface area contributed by atoms with Gasteiger partial charge in [-0.2, -0.15) is 0 Å². The molecule has 1 aliphatic carbocycles. The second-order valence-corrected chi connectivity index (χ2v) is 8.46. The summed E-state index contributed by atoms with van der Waals surface area (Å²) in [5, 5.41) is 6.05. The molecule has 2 amide bonds. The van der Waals surface area contributed by atoms with E-state index in [0.717, 1.165) is 44.9 Å². The second-order valence-electron chi connectivity index (χ2n) is 8.46. The van der Waals surface area contributed by atoms with Gasteiger partial charge in [-0.15, -0.1) is 0 Å². The number of amides is 2. The number of carbonyl (C=O) groups excluding carboxylic acids is 4. The van der Waals surface area contributed by atoms with Crippen molar-refractivity contribution in [3.63, 3.8) is 0 Å². The summed E-state index contributed by atoms with van der Waals surface area (Å²) in [7, 11) is 0. The molecule has 160 valence electrons. The zero-order chi connectivity index (χ0) is 21.1. The van der Waals surface area contributed by atoms with Crippen molar-refractivity contribution in [2.75, 3.05) is 6.54 Å². The summed E-state index contributed by atoms with van der Waals surface area (Å²) in [5.41, 5.74) is 0. The van der Waals surface area contributed by atoms with Gasteiger partial charge in [0.1, 0.15) is 11.6 Å². The SMILES string of the molecule is CC(=O)C(C)CCCCNC(=O)C1CCC(NC(=O)CCC(C)C(C)=O)CC1. The van der Waals surface area contributed by atoms with Crippen molar-refractivity contribution in [1.82, 2.24) is 10.6 Å². The molecule has 0 heterocycles. The summed E-state index contributed by atoms with van der Waals surface area (Å²) in [4.78, 5) is 46.7. The quantitative estimate of drug-likeness (QED) is 0.497. The summed E-state index contributed by atoms with van der Waals surface area (Å²) < 4.78 is 0. The molecule has 6 heteroatoms. The minimum absolute atomic E-state index is 0.000732. The molecule has 6 nitrogen and oxygen atoms in total. The predicted molar refractivity (Wildman–Crippen MR) is 110 cm³/mol. The summed E-state index contributed by atoms with van der Waals surface area (Å²) >= 11 is 0. The lowest BCUT2D eigenvalue weighted by Crippen LogP contribution is -2.41. The first kappa shape index (κ1) is 24.3. The van der Waals surface area contributed by atoms with Crippen molar-refractivity contribution in [3.8, 4) is 0 Å². The van der Waals surface area contributed by atoms with Gasteiger partial charge in [0.2, 0.25) is 11.8 Å². The number of Topliss-reactive ketones (excluding diaryl/α,β-unsaturated/α-hetero) is 2. The third-order valence-corrected chi connectivity index (χ3v) is 6.02. The van der Waals surface area contributed by atoms with E-state index >= 15 is 0 Å². The highest BCUT2D eigenvalue weighted by molar-refractivity contribution is 5.80. The van der Waals surface area contributed by atoms with Crippen LogP contribution in [-0.2, 0) is 19.2 Å². The first-order chi connectivity index (χ1) is 13.2. The highest BCUT2D eigenvalue weighted by Gasteiger charge is 2.27. The lowest BCUT2D eigenvalue weighted by molar-refractivity contribution is -0.126. The summed E-state index contributed by atoms with van der Waals surface area (Å²) in [6.45, 7) is 7.64. The third kappa shape index (κ3) is 9.47. The molecule has 28 heavy (non-hydrogen) atoms. The van der Waals surface area contributed by atoms with Crippen LogP contribution in [0.4, 0.5) is 0 Å². The van der Waals surface area contributed by atoms with Gasteiger partial charge in [0, 0.05) is 36.8 Å². The van der Waals surface area contributed by atoms with E-state index < -0.39 is 0 Å². The van der Waals surface area contributed by atoms with E-state index in [4.69, 9.17) is 0 Å². The van der Waals surface area contributed by atoms with Gasteiger partial charge in [-0.25, -0.2) is 0 Å². The second kappa shape index (κ2) is 12.7. The first-order valence-electron chi connectivity index (χ1n) is 10.8. The molecule has 0 spiro atoms. The van der Waals surface area contributed by atoms with E-state index in [0.29, 0.717) is 19.4 Å². The molecule has 1 aliphatic rings. The number of nitrogens with one attached hydrogen (secondary N) is 2. The summed E-state index contributed by atoms with van der Waals surface area (Å²) in [5.74, 6) is 0.513. The Bertz CT molecular complexity index is 539. The Morgan fingerprint density at radius 1 is 0.857 bits per heavy atom. The Morgan fingerprint density at radius 3 is 2.00 bits per heavy atom. The standard InChI is InChI=1S/C22H38N2O4/c1-15(17(3)25)7-5-6-14-23-22(28)19-9-11-20(12-10-19)24-21(27)13-8-16(2)18(4)26/h15-16,19-20H,5-14H2,1-4H3,(H,23,28)(H,24,27). The van der Waals surface area contributed by atoms with Crippen molar-refractivity contribution in [3.05, 3.63) is 0 Å². The minimum atomic E-state index is -0.0733. The Hall–Kier alpha value is -1.72. The van der Waals surface area contributed by atoms with E-state index in [9.17, 15) is 19.2 Å². The van der Waals surface area contributed by atoms with Gasteiger partial charge in [-0.05, 0) is 58.8 Å². The van der Waals surface area contributed by atoms with Crippen molar-refractivity contribution in [1.29, 1.82) is 0 Å². The van der Waals surface area contributed by atoms with Crippen molar-refractivity contribution < 1.29 is 19.2 Å². The van der Waals surface area contributed by atoms with E-state index in [1.165, 1.54) is 0 Å². The highest BCUT2D eigenvalue weighted by atomic mass is 16.2. The van der Waals surface area contributed by atoms with Crippen LogP contribution < -0.4 is 10.6 Å². The Balaban J connectivity index is 2.16. The predicted octanol–water partition coefficient (Wildman–Crippen LogP) is 3.18. The number of rotatable bonds is 12. The maximum absolute atomic E-state index is 12.3. The fourth-order valence-electron chi connectivity index (χ4n) is 3.49. The molecule has 0 aromatic heterocycles. The summed E-state index contributed by atoms with van der Waals surface area (Å²) in [6, 6.07) is 0.136. The van der Waals surface area contributed by atoms with Crippen LogP contribution in [0.2, 0.25) is 0 Å². The van der Waals surface area contributed by atoms with Crippen molar-refractivity contribution >= 4 is 23.4 Å². The molecule has 0 aromatic rings. The molecule has 1 rings (SSSR count). The van der Waals surface area contributed by atoms with E-state index in [2.05, 4.69) is 10.6 Å². The van der Waals surface area contributed by atoms with Crippen molar-refractivity contribution in [2.24, 2.45) is 17.8 Å². The maximum atomic E-state index is 12.3. The number of carbonyl (C=O) groups is 4. The minimum Gasteiger partial charge on any atom is -0.356 e. The summed E-state index contributed by atoms with van der Waals surface area (Å²) in [6.07, 6.45) is 6.92. The smallest absolute Gasteiger partial charge is 0.223 e. The normalized spacial score (nSPS) is 21.4. The Kier molecular flexibility index (Phi) is 11.0. The number of hydrogen-bond donors (Lipinski definition) is 2. The van der Waals surface area contributed by atoms with Gasteiger partial charge in [0.15, 0.2) is 0 Å². The highest BCUT2D eigenvalue weighted by Crippen LogP contribution is 2.24. The molecule has 0 radical (unpaired) electrons.